The molecule has 4 nitrogen and oxygen atoms in total. The normalized spacial score (nSPS) is 18.8. The molecule has 0 saturated heterocycles. The van der Waals surface area contributed by atoms with E-state index >= 15 is 0 Å². The Morgan fingerprint density at radius 2 is 1.86 bits per heavy atom. The lowest BCUT2D eigenvalue weighted by Crippen LogP contribution is -2.31. The summed E-state index contributed by atoms with van der Waals surface area (Å²) in [6.07, 6.45) is 2.23. The lowest BCUT2D eigenvalue weighted by atomic mass is 9.76. The highest BCUT2D eigenvalue weighted by atomic mass is 35.5. The Hall–Kier alpha value is -3.03. The first-order chi connectivity index (χ1) is 14.1. The van der Waals surface area contributed by atoms with E-state index in [0.717, 1.165) is 46.7 Å². The number of carbonyl (C=O) groups is 1. The quantitative estimate of drug-likeness (QED) is 0.739. The van der Waals surface area contributed by atoms with E-state index in [4.69, 9.17) is 16.3 Å². The van der Waals surface area contributed by atoms with Gasteiger partial charge in [0, 0.05) is 28.4 Å². The summed E-state index contributed by atoms with van der Waals surface area (Å²) in [6, 6.07) is 17.5. The lowest BCUT2D eigenvalue weighted by Gasteiger charge is -2.32. The topological polar surface area (TPSA) is 62.1 Å². The molecule has 1 aliphatic carbocycles. The molecule has 146 valence electrons. The number of ether oxygens (including phenoxy) is 1. The van der Waals surface area contributed by atoms with Crippen molar-refractivity contribution in [3.63, 3.8) is 0 Å². The smallest absolute Gasteiger partial charge is 0.161 e. The van der Waals surface area contributed by atoms with Gasteiger partial charge in [0.2, 0.25) is 0 Å². The molecule has 2 aliphatic rings. The molecule has 0 unspecified atom stereocenters. The number of carbonyl (C=O) groups excluding carboxylic acids is 1. The van der Waals surface area contributed by atoms with Gasteiger partial charge in [-0.15, -0.1) is 0 Å². The minimum absolute atomic E-state index is 0.132. The molecule has 1 heterocycles. The third kappa shape index (κ3) is 3.92. The van der Waals surface area contributed by atoms with Crippen LogP contribution in [0.5, 0.6) is 5.75 Å². The molecule has 1 N–H and O–H groups in total. The molecular weight excluding hydrogens is 384 g/mol. The Morgan fingerprint density at radius 3 is 2.55 bits per heavy atom. The van der Waals surface area contributed by atoms with Crippen molar-refractivity contribution in [1.82, 2.24) is 5.32 Å². The van der Waals surface area contributed by atoms with E-state index in [1.54, 1.807) is 0 Å². The van der Waals surface area contributed by atoms with E-state index in [1.165, 1.54) is 0 Å². The van der Waals surface area contributed by atoms with Crippen LogP contribution in [0.25, 0.3) is 0 Å². The molecule has 0 bridgehead atoms. The number of rotatable bonds is 4. The van der Waals surface area contributed by atoms with E-state index in [2.05, 4.69) is 11.4 Å². The summed E-state index contributed by atoms with van der Waals surface area (Å²) in [7, 11) is 0. The number of halogens is 1. The molecule has 0 spiro atoms. The number of nitrogens with zero attached hydrogens (tertiary/aromatic N) is 1. The van der Waals surface area contributed by atoms with E-state index < -0.39 is 0 Å². The van der Waals surface area contributed by atoms with Crippen LogP contribution in [0.2, 0.25) is 5.02 Å². The van der Waals surface area contributed by atoms with E-state index in [9.17, 15) is 10.1 Å². The van der Waals surface area contributed by atoms with Crippen LogP contribution in [-0.4, -0.2) is 5.78 Å². The van der Waals surface area contributed by atoms with Gasteiger partial charge in [-0.05, 0) is 55.2 Å². The van der Waals surface area contributed by atoms with Crippen molar-refractivity contribution in [2.75, 3.05) is 0 Å². The van der Waals surface area contributed by atoms with Crippen molar-refractivity contribution in [2.45, 2.75) is 38.7 Å². The summed E-state index contributed by atoms with van der Waals surface area (Å²) in [5, 5.41) is 13.7. The van der Waals surface area contributed by atoms with Gasteiger partial charge in [0.05, 0.1) is 17.6 Å². The minimum atomic E-state index is -0.311. The Bertz CT molecular complexity index is 1040. The average molecular weight is 405 g/mol. The zero-order valence-electron chi connectivity index (χ0n) is 16.2. The predicted octanol–water partition coefficient (Wildman–Crippen LogP) is 5.41. The Balaban J connectivity index is 1.58. The van der Waals surface area contributed by atoms with Crippen molar-refractivity contribution in [1.29, 1.82) is 5.26 Å². The van der Waals surface area contributed by atoms with E-state index in [1.807, 2.05) is 55.5 Å². The molecule has 0 radical (unpaired) electrons. The second-order valence-corrected chi connectivity index (χ2v) is 7.80. The van der Waals surface area contributed by atoms with Crippen LogP contribution >= 0.6 is 11.6 Å². The number of hydrogen-bond acceptors (Lipinski definition) is 4. The maximum Gasteiger partial charge on any atom is 0.161 e. The molecule has 0 fully saturated rings. The highest BCUT2D eigenvalue weighted by molar-refractivity contribution is 6.30. The van der Waals surface area contributed by atoms with Gasteiger partial charge < -0.3 is 10.1 Å². The lowest BCUT2D eigenvalue weighted by molar-refractivity contribution is -0.116. The number of dihydropyridines is 1. The molecule has 2 aromatic rings. The summed E-state index contributed by atoms with van der Waals surface area (Å²) in [4.78, 5) is 12.7. The molecule has 0 saturated carbocycles. The number of Topliss-reactive ketones (excluding diaryl/α,β-unsaturated/α-hetero) is 1. The van der Waals surface area contributed by atoms with Crippen molar-refractivity contribution < 1.29 is 9.53 Å². The summed E-state index contributed by atoms with van der Waals surface area (Å²) in [5.74, 6) is 0.558. The molecule has 4 rings (SSSR count). The summed E-state index contributed by atoms with van der Waals surface area (Å²) in [5.41, 5.74) is 5.11. The first kappa shape index (κ1) is 19.3. The molecule has 1 aliphatic heterocycles. The maximum atomic E-state index is 12.7. The molecule has 1 atom stereocenters. The first-order valence-corrected chi connectivity index (χ1v) is 10.1. The zero-order valence-corrected chi connectivity index (χ0v) is 16.9. The Morgan fingerprint density at radius 1 is 1.14 bits per heavy atom. The molecule has 29 heavy (non-hydrogen) atoms. The first-order valence-electron chi connectivity index (χ1n) is 9.68. The van der Waals surface area contributed by atoms with Crippen molar-refractivity contribution in [2.24, 2.45) is 0 Å². The van der Waals surface area contributed by atoms with E-state index in [-0.39, 0.29) is 11.7 Å². The summed E-state index contributed by atoms with van der Waals surface area (Å²) < 4.78 is 5.86. The number of benzene rings is 2. The van der Waals surface area contributed by atoms with Crippen LogP contribution in [0.3, 0.4) is 0 Å². The van der Waals surface area contributed by atoms with Gasteiger partial charge >= 0.3 is 0 Å². The van der Waals surface area contributed by atoms with Gasteiger partial charge in [-0.25, -0.2) is 0 Å². The number of nitriles is 1. The number of ketones is 1. The van der Waals surface area contributed by atoms with Crippen LogP contribution in [0.4, 0.5) is 0 Å². The predicted molar refractivity (Wildman–Crippen MR) is 112 cm³/mol. The monoisotopic (exact) mass is 404 g/mol. The molecule has 0 aromatic heterocycles. The summed E-state index contributed by atoms with van der Waals surface area (Å²) >= 11 is 5.91. The third-order valence-electron chi connectivity index (χ3n) is 5.43. The van der Waals surface area contributed by atoms with Crippen LogP contribution in [0, 0.1) is 11.3 Å². The standard InChI is InChI=1S/C24H21ClN2O2/c1-15-20(13-26)23(24-21(27-15)3-2-4-22(24)28)17-7-11-19(12-8-17)29-14-16-5-9-18(25)10-6-16/h5-12,23,27H,2-4,14H2,1H3/t23-/m0/s1. The second-order valence-electron chi connectivity index (χ2n) is 7.36. The molecule has 0 amide bonds. The van der Waals surface area contributed by atoms with Crippen LogP contribution in [0.15, 0.2) is 71.1 Å². The Labute approximate surface area is 175 Å². The Kier molecular flexibility index (Phi) is 5.42. The average Bonchev–Trinajstić information content (AvgIpc) is 2.73. The van der Waals surface area contributed by atoms with Crippen LogP contribution in [-0.2, 0) is 11.4 Å². The fourth-order valence-electron chi connectivity index (χ4n) is 3.97. The number of nitrogens with one attached hydrogen (secondary N) is 1. The van der Waals surface area contributed by atoms with Crippen molar-refractivity contribution >= 4 is 17.4 Å². The van der Waals surface area contributed by atoms with Gasteiger partial charge in [-0.3, -0.25) is 4.79 Å². The maximum absolute atomic E-state index is 12.7. The van der Waals surface area contributed by atoms with Crippen LogP contribution in [0.1, 0.15) is 43.2 Å². The third-order valence-corrected chi connectivity index (χ3v) is 5.68. The summed E-state index contributed by atoms with van der Waals surface area (Å²) in [6.45, 7) is 2.35. The SMILES string of the molecule is CC1=C(C#N)[C@H](c2ccc(OCc3ccc(Cl)cc3)cc2)C2=C(CCCC2=O)N1. The molecular formula is C24H21ClN2O2. The van der Waals surface area contributed by atoms with Gasteiger partial charge in [0.25, 0.3) is 0 Å². The number of allylic oxidation sites excluding steroid dienone is 4. The van der Waals surface area contributed by atoms with Gasteiger partial charge in [-0.1, -0.05) is 35.9 Å². The fourth-order valence-corrected chi connectivity index (χ4v) is 4.09. The highest BCUT2D eigenvalue weighted by Crippen LogP contribution is 2.42. The van der Waals surface area contributed by atoms with Gasteiger partial charge in [0.15, 0.2) is 5.78 Å². The zero-order chi connectivity index (χ0) is 20.4. The van der Waals surface area contributed by atoms with Gasteiger partial charge in [-0.2, -0.15) is 5.26 Å². The van der Waals surface area contributed by atoms with Crippen molar-refractivity contribution in [3.05, 3.63) is 87.2 Å². The fraction of sp³-hybridized carbons (Fsp3) is 0.250. The second kappa shape index (κ2) is 8.14. The highest BCUT2D eigenvalue weighted by Gasteiger charge is 2.35. The largest absolute Gasteiger partial charge is 0.489 e. The minimum Gasteiger partial charge on any atom is -0.489 e. The molecule has 5 heteroatoms. The van der Waals surface area contributed by atoms with Crippen molar-refractivity contribution in [3.8, 4) is 11.8 Å². The van der Waals surface area contributed by atoms with Gasteiger partial charge in [0.1, 0.15) is 12.4 Å². The molecule has 2 aromatic carbocycles. The van der Waals surface area contributed by atoms with Crippen LogP contribution < -0.4 is 10.1 Å². The number of hydrogen-bond donors (Lipinski definition) is 1. The van der Waals surface area contributed by atoms with E-state index in [0.29, 0.717) is 23.6 Å².